The standard InChI is InChI=1S/C30H34O4/c1-4-7-8-9-18-25-23-16-12-10-14-21(23)19-26-27(25)24-17-13-11-15-22(24)20-30(26,28(31)33-5-2)29(32)34-6-3/h10-17,19H,4-9,18,20H2,1-3H3. The smallest absolute Gasteiger partial charge is 0.328 e. The zero-order chi connectivity index (χ0) is 24.1. The maximum Gasteiger partial charge on any atom is 0.328 e. The van der Waals surface area contributed by atoms with E-state index < -0.39 is 17.4 Å². The van der Waals surface area contributed by atoms with Crippen molar-refractivity contribution in [3.05, 3.63) is 71.3 Å². The number of aryl methyl sites for hydroxylation is 1. The van der Waals surface area contributed by atoms with E-state index in [9.17, 15) is 9.59 Å². The van der Waals surface area contributed by atoms with E-state index >= 15 is 0 Å². The van der Waals surface area contributed by atoms with Gasteiger partial charge in [-0.1, -0.05) is 74.7 Å². The van der Waals surface area contributed by atoms with Crippen molar-refractivity contribution in [1.29, 1.82) is 0 Å². The number of carbonyl (C=O) groups excluding carboxylic acids is 2. The van der Waals surface area contributed by atoms with Gasteiger partial charge in [0.15, 0.2) is 5.41 Å². The molecule has 0 atom stereocenters. The molecule has 3 aromatic rings. The van der Waals surface area contributed by atoms with Gasteiger partial charge in [0.2, 0.25) is 0 Å². The fourth-order valence-corrected chi connectivity index (χ4v) is 5.31. The summed E-state index contributed by atoms with van der Waals surface area (Å²) < 4.78 is 11.1. The molecule has 34 heavy (non-hydrogen) atoms. The summed E-state index contributed by atoms with van der Waals surface area (Å²) in [6.07, 6.45) is 5.70. The zero-order valence-electron chi connectivity index (χ0n) is 20.5. The van der Waals surface area contributed by atoms with Gasteiger partial charge in [-0.2, -0.15) is 0 Å². The van der Waals surface area contributed by atoms with Crippen molar-refractivity contribution in [2.45, 2.75) is 64.7 Å². The molecule has 4 nitrogen and oxygen atoms in total. The van der Waals surface area contributed by atoms with Crippen LogP contribution in [0.4, 0.5) is 0 Å². The minimum Gasteiger partial charge on any atom is -0.465 e. The van der Waals surface area contributed by atoms with E-state index in [-0.39, 0.29) is 19.6 Å². The minimum absolute atomic E-state index is 0.203. The van der Waals surface area contributed by atoms with Crippen LogP contribution < -0.4 is 0 Å². The van der Waals surface area contributed by atoms with E-state index in [1.165, 1.54) is 23.8 Å². The Bertz CT molecular complexity index is 1180. The Morgan fingerprint density at radius 3 is 2.24 bits per heavy atom. The highest BCUT2D eigenvalue weighted by atomic mass is 16.6. The summed E-state index contributed by atoms with van der Waals surface area (Å²) in [6.45, 7) is 6.16. The van der Waals surface area contributed by atoms with Crippen LogP contribution in [0.25, 0.3) is 21.9 Å². The molecular weight excluding hydrogens is 424 g/mol. The normalized spacial score (nSPS) is 13.7. The molecule has 178 valence electrons. The van der Waals surface area contributed by atoms with E-state index in [4.69, 9.17) is 9.47 Å². The fraction of sp³-hybridized carbons (Fsp3) is 0.400. The van der Waals surface area contributed by atoms with Crippen molar-refractivity contribution < 1.29 is 19.1 Å². The summed E-state index contributed by atoms with van der Waals surface area (Å²) in [5, 5.41) is 2.21. The number of hydrogen-bond donors (Lipinski definition) is 0. The summed E-state index contributed by atoms with van der Waals surface area (Å²) in [5.74, 6) is -1.06. The Balaban J connectivity index is 2.05. The highest BCUT2D eigenvalue weighted by Crippen LogP contribution is 2.49. The second kappa shape index (κ2) is 10.4. The highest BCUT2D eigenvalue weighted by Gasteiger charge is 2.54. The maximum absolute atomic E-state index is 13.6. The Labute approximate surface area is 202 Å². The van der Waals surface area contributed by atoms with Gasteiger partial charge in [-0.3, -0.25) is 9.59 Å². The number of carbonyl (C=O) groups is 2. The molecule has 0 radical (unpaired) electrons. The zero-order valence-corrected chi connectivity index (χ0v) is 20.5. The van der Waals surface area contributed by atoms with Crippen LogP contribution in [0.5, 0.6) is 0 Å². The molecule has 0 saturated carbocycles. The van der Waals surface area contributed by atoms with Crippen LogP contribution in [-0.4, -0.2) is 25.2 Å². The molecular formula is C30H34O4. The van der Waals surface area contributed by atoms with Gasteiger partial charge in [0, 0.05) is 6.42 Å². The Kier molecular flexibility index (Phi) is 7.35. The number of esters is 2. The third-order valence-electron chi connectivity index (χ3n) is 6.89. The van der Waals surface area contributed by atoms with Gasteiger partial charge in [-0.15, -0.1) is 0 Å². The molecule has 3 aromatic carbocycles. The van der Waals surface area contributed by atoms with Gasteiger partial charge in [-0.25, -0.2) is 0 Å². The molecule has 0 heterocycles. The maximum atomic E-state index is 13.6. The number of unbranched alkanes of at least 4 members (excludes halogenated alkanes) is 3. The number of hydrogen-bond acceptors (Lipinski definition) is 4. The van der Waals surface area contributed by atoms with Crippen molar-refractivity contribution in [2.24, 2.45) is 0 Å². The number of ether oxygens (including phenoxy) is 2. The topological polar surface area (TPSA) is 52.6 Å². The second-order valence-electron chi connectivity index (χ2n) is 8.99. The summed E-state index contributed by atoms with van der Waals surface area (Å²) >= 11 is 0. The first kappa shape index (κ1) is 24.0. The predicted octanol–water partition coefficient (Wildman–Crippen LogP) is 6.55. The molecule has 1 aliphatic rings. The average Bonchev–Trinajstić information content (AvgIpc) is 2.85. The van der Waals surface area contributed by atoms with Crippen LogP contribution in [0.2, 0.25) is 0 Å². The van der Waals surface area contributed by atoms with E-state index in [2.05, 4.69) is 31.2 Å². The van der Waals surface area contributed by atoms with Crippen LogP contribution in [0, 0.1) is 0 Å². The fourth-order valence-electron chi connectivity index (χ4n) is 5.31. The summed E-state index contributed by atoms with van der Waals surface area (Å²) in [7, 11) is 0. The first-order chi connectivity index (χ1) is 16.6. The molecule has 0 bridgehead atoms. The van der Waals surface area contributed by atoms with Crippen LogP contribution >= 0.6 is 0 Å². The number of benzene rings is 3. The Morgan fingerprint density at radius 1 is 0.853 bits per heavy atom. The molecule has 4 heteroatoms. The van der Waals surface area contributed by atoms with Gasteiger partial charge in [-0.05, 0) is 71.3 Å². The first-order valence-corrected chi connectivity index (χ1v) is 12.6. The van der Waals surface area contributed by atoms with Crippen molar-refractivity contribution in [3.8, 4) is 11.1 Å². The van der Waals surface area contributed by atoms with Gasteiger partial charge < -0.3 is 9.47 Å². The van der Waals surface area contributed by atoms with E-state index in [0.717, 1.165) is 41.3 Å². The van der Waals surface area contributed by atoms with Crippen LogP contribution in [0.3, 0.4) is 0 Å². The van der Waals surface area contributed by atoms with Crippen LogP contribution in [0.15, 0.2) is 54.6 Å². The quantitative estimate of drug-likeness (QED) is 0.207. The molecule has 4 rings (SSSR count). The SMILES string of the molecule is CCCCCCc1c2c(cc3ccccc13)C(C(=O)OCC)(C(=O)OCC)Cc1ccccc1-2. The van der Waals surface area contributed by atoms with E-state index in [1.54, 1.807) is 13.8 Å². The van der Waals surface area contributed by atoms with Gasteiger partial charge in [0.1, 0.15) is 0 Å². The molecule has 0 fully saturated rings. The lowest BCUT2D eigenvalue weighted by atomic mass is 9.65. The van der Waals surface area contributed by atoms with Crippen molar-refractivity contribution in [3.63, 3.8) is 0 Å². The van der Waals surface area contributed by atoms with Crippen LogP contribution in [-0.2, 0) is 37.3 Å². The minimum atomic E-state index is -1.52. The summed E-state index contributed by atoms with van der Waals surface area (Å²) in [6, 6.07) is 18.4. The first-order valence-electron chi connectivity index (χ1n) is 12.6. The lowest BCUT2D eigenvalue weighted by Crippen LogP contribution is -2.50. The molecule has 0 aromatic heterocycles. The van der Waals surface area contributed by atoms with Crippen molar-refractivity contribution in [2.75, 3.05) is 13.2 Å². The molecule has 0 spiro atoms. The van der Waals surface area contributed by atoms with Crippen LogP contribution in [0.1, 0.15) is 63.1 Å². The number of rotatable bonds is 9. The molecule has 0 aliphatic heterocycles. The lowest BCUT2D eigenvalue weighted by Gasteiger charge is -2.37. The van der Waals surface area contributed by atoms with Gasteiger partial charge in [0.25, 0.3) is 0 Å². The van der Waals surface area contributed by atoms with E-state index in [1.807, 2.05) is 30.3 Å². The summed E-state index contributed by atoms with van der Waals surface area (Å²) in [5.41, 5.74) is 3.47. The lowest BCUT2D eigenvalue weighted by molar-refractivity contribution is -0.165. The van der Waals surface area contributed by atoms with Gasteiger partial charge in [0.05, 0.1) is 13.2 Å². The number of fused-ring (bicyclic) bond motifs is 4. The second-order valence-corrected chi connectivity index (χ2v) is 8.99. The van der Waals surface area contributed by atoms with Crippen molar-refractivity contribution in [1.82, 2.24) is 0 Å². The third-order valence-corrected chi connectivity index (χ3v) is 6.89. The monoisotopic (exact) mass is 458 g/mol. The summed E-state index contributed by atoms with van der Waals surface area (Å²) in [4.78, 5) is 27.3. The third kappa shape index (κ3) is 4.11. The van der Waals surface area contributed by atoms with E-state index in [0.29, 0.717) is 5.56 Å². The highest BCUT2D eigenvalue weighted by molar-refractivity contribution is 6.11. The molecule has 0 amide bonds. The molecule has 0 N–H and O–H groups in total. The predicted molar refractivity (Wildman–Crippen MR) is 136 cm³/mol. The Morgan fingerprint density at radius 2 is 1.53 bits per heavy atom. The largest absolute Gasteiger partial charge is 0.465 e. The molecule has 0 unspecified atom stereocenters. The Hall–Kier alpha value is -3.14. The van der Waals surface area contributed by atoms with Crippen molar-refractivity contribution >= 4 is 22.7 Å². The average molecular weight is 459 g/mol. The molecule has 0 saturated heterocycles. The van der Waals surface area contributed by atoms with Gasteiger partial charge >= 0.3 is 11.9 Å². The molecule has 1 aliphatic carbocycles.